The average Bonchev–Trinajstić information content (AvgIpc) is 2.57. The number of carboxylic acids is 1. The molecule has 1 amide bonds. The maximum absolute atomic E-state index is 12.1. The molecule has 1 rings (SSSR count). The molecule has 0 saturated heterocycles. The Kier molecular flexibility index (Phi) is 8.30. The van der Waals surface area contributed by atoms with E-state index in [1.54, 1.807) is 7.11 Å². The van der Waals surface area contributed by atoms with Crippen molar-refractivity contribution in [2.45, 2.75) is 18.9 Å². The molecule has 10 heteroatoms. The SMILES string of the molecule is COCCCNC(CC(=O)Nc1ccc([N+](=O)[O-])cc1OC)C(=O)O. The number of anilines is 1. The zero-order chi connectivity index (χ0) is 18.8. The van der Waals surface area contributed by atoms with E-state index in [0.717, 1.165) is 0 Å². The second-order valence-electron chi connectivity index (χ2n) is 5.09. The van der Waals surface area contributed by atoms with Crippen LogP contribution in [0.5, 0.6) is 5.75 Å². The summed E-state index contributed by atoms with van der Waals surface area (Å²) < 4.78 is 9.88. The van der Waals surface area contributed by atoms with Crippen LogP contribution in [-0.2, 0) is 14.3 Å². The molecule has 10 nitrogen and oxygen atoms in total. The molecule has 0 radical (unpaired) electrons. The van der Waals surface area contributed by atoms with Gasteiger partial charge in [0.05, 0.1) is 30.2 Å². The van der Waals surface area contributed by atoms with Crippen LogP contribution in [0.15, 0.2) is 18.2 Å². The average molecular weight is 355 g/mol. The first kappa shape index (κ1) is 20.3. The van der Waals surface area contributed by atoms with Crippen LogP contribution in [0.25, 0.3) is 0 Å². The minimum Gasteiger partial charge on any atom is -0.494 e. The number of rotatable bonds is 11. The van der Waals surface area contributed by atoms with Crippen LogP contribution in [-0.4, -0.2) is 55.3 Å². The van der Waals surface area contributed by atoms with Crippen molar-refractivity contribution in [1.29, 1.82) is 0 Å². The minimum absolute atomic E-state index is 0.113. The van der Waals surface area contributed by atoms with Crippen LogP contribution < -0.4 is 15.4 Å². The summed E-state index contributed by atoms with van der Waals surface area (Å²) in [5, 5.41) is 25.2. The van der Waals surface area contributed by atoms with Gasteiger partial charge in [0.15, 0.2) is 0 Å². The normalized spacial score (nSPS) is 11.6. The maximum atomic E-state index is 12.1. The van der Waals surface area contributed by atoms with Crippen molar-refractivity contribution in [3.63, 3.8) is 0 Å². The molecule has 0 heterocycles. The Balaban J connectivity index is 2.70. The predicted molar refractivity (Wildman–Crippen MR) is 88.8 cm³/mol. The Labute approximate surface area is 144 Å². The van der Waals surface area contributed by atoms with Gasteiger partial charge in [-0.25, -0.2) is 0 Å². The zero-order valence-electron chi connectivity index (χ0n) is 14.0. The topological polar surface area (TPSA) is 140 Å². The summed E-state index contributed by atoms with van der Waals surface area (Å²) in [6.07, 6.45) is 0.306. The van der Waals surface area contributed by atoms with Crippen molar-refractivity contribution >= 4 is 23.3 Å². The van der Waals surface area contributed by atoms with Gasteiger partial charge in [0.2, 0.25) is 5.91 Å². The molecule has 0 aliphatic carbocycles. The van der Waals surface area contributed by atoms with E-state index in [4.69, 9.17) is 14.6 Å². The highest BCUT2D eigenvalue weighted by atomic mass is 16.6. The number of nitrogens with zero attached hydrogens (tertiary/aromatic N) is 1. The van der Waals surface area contributed by atoms with Crippen LogP contribution >= 0.6 is 0 Å². The lowest BCUT2D eigenvalue weighted by Gasteiger charge is -2.15. The first-order valence-electron chi connectivity index (χ1n) is 7.46. The standard InChI is InChI=1S/C15H21N3O7/c1-24-7-3-6-16-12(15(20)21)9-14(19)17-11-5-4-10(18(22)23)8-13(11)25-2/h4-5,8,12,16H,3,6-7,9H2,1-2H3,(H,17,19)(H,20,21). The van der Waals surface area contributed by atoms with E-state index in [1.165, 1.54) is 25.3 Å². The van der Waals surface area contributed by atoms with Crippen molar-refractivity contribution in [3.05, 3.63) is 28.3 Å². The summed E-state index contributed by atoms with van der Waals surface area (Å²) in [5.74, 6) is -1.59. The van der Waals surface area contributed by atoms with Gasteiger partial charge in [0, 0.05) is 19.8 Å². The molecule has 1 atom stereocenters. The number of hydrogen-bond donors (Lipinski definition) is 3. The van der Waals surface area contributed by atoms with Gasteiger partial charge in [-0.1, -0.05) is 0 Å². The van der Waals surface area contributed by atoms with Crippen molar-refractivity contribution < 1.29 is 29.1 Å². The number of benzene rings is 1. The fraction of sp³-hybridized carbons (Fsp3) is 0.467. The number of carbonyl (C=O) groups excluding carboxylic acids is 1. The predicted octanol–water partition coefficient (Wildman–Crippen LogP) is 1.01. The number of hydrogen-bond acceptors (Lipinski definition) is 7. The lowest BCUT2D eigenvalue weighted by molar-refractivity contribution is -0.384. The Morgan fingerprint density at radius 3 is 2.64 bits per heavy atom. The molecule has 0 fully saturated rings. The third-order valence-corrected chi connectivity index (χ3v) is 3.27. The number of methoxy groups -OCH3 is 2. The van der Waals surface area contributed by atoms with Gasteiger partial charge in [0.1, 0.15) is 11.8 Å². The Bertz CT molecular complexity index is 621. The molecular formula is C15H21N3O7. The number of amides is 1. The summed E-state index contributed by atoms with van der Waals surface area (Å²) in [7, 11) is 2.85. The maximum Gasteiger partial charge on any atom is 0.321 e. The molecule has 0 aliphatic heterocycles. The number of ether oxygens (including phenoxy) is 2. The van der Waals surface area contributed by atoms with Crippen molar-refractivity contribution in [1.82, 2.24) is 5.32 Å². The first-order valence-corrected chi connectivity index (χ1v) is 7.46. The summed E-state index contributed by atoms with van der Waals surface area (Å²) >= 11 is 0. The lowest BCUT2D eigenvalue weighted by atomic mass is 10.2. The number of aliphatic carboxylic acids is 1. The third kappa shape index (κ3) is 6.73. The molecule has 1 aromatic carbocycles. The van der Waals surface area contributed by atoms with Gasteiger partial charge in [-0.3, -0.25) is 19.7 Å². The molecular weight excluding hydrogens is 334 g/mol. The molecule has 0 saturated carbocycles. The fourth-order valence-electron chi connectivity index (χ4n) is 2.02. The van der Waals surface area contributed by atoms with E-state index in [0.29, 0.717) is 19.6 Å². The van der Waals surface area contributed by atoms with E-state index < -0.39 is 22.8 Å². The number of carboxylic acid groups (broad SMARTS) is 1. The van der Waals surface area contributed by atoms with Gasteiger partial charge < -0.3 is 25.2 Å². The lowest BCUT2D eigenvalue weighted by Crippen LogP contribution is -2.40. The van der Waals surface area contributed by atoms with E-state index in [9.17, 15) is 19.7 Å². The van der Waals surface area contributed by atoms with Crippen LogP contribution in [0.3, 0.4) is 0 Å². The molecule has 1 aromatic rings. The van der Waals surface area contributed by atoms with Gasteiger partial charge in [0.25, 0.3) is 5.69 Å². The fourth-order valence-corrected chi connectivity index (χ4v) is 2.02. The van der Waals surface area contributed by atoms with Gasteiger partial charge in [-0.2, -0.15) is 0 Å². The highest BCUT2D eigenvalue weighted by molar-refractivity contribution is 5.95. The van der Waals surface area contributed by atoms with Crippen molar-refractivity contribution in [2.24, 2.45) is 0 Å². The molecule has 0 aliphatic rings. The number of nitro benzene ring substituents is 1. The van der Waals surface area contributed by atoms with Gasteiger partial charge in [-0.15, -0.1) is 0 Å². The highest BCUT2D eigenvalue weighted by Crippen LogP contribution is 2.29. The molecule has 0 bridgehead atoms. The smallest absolute Gasteiger partial charge is 0.321 e. The van der Waals surface area contributed by atoms with E-state index in [2.05, 4.69) is 10.6 Å². The molecule has 25 heavy (non-hydrogen) atoms. The monoisotopic (exact) mass is 355 g/mol. The Morgan fingerprint density at radius 2 is 2.08 bits per heavy atom. The second kappa shape index (κ2) is 10.2. The Hall–Kier alpha value is -2.72. The van der Waals surface area contributed by atoms with E-state index in [-0.39, 0.29) is 23.5 Å². The minimum atomic E-state index is -1.15. The molecule has 0 aromatic heterocycles. The number of nitro groups is 1. The number of non-ortho nitro benzene ring substituents is 1. The summed E-state index contributed by atoms with van der Waals surface area (Å²) in [6.45, 7) is 0.866. The molecule has 3 N–H and O–H groups in total. The van der Waals surface area contributed by atoms with Gasteiger partial charge >= 0.3 is 5.97 Å². The summed E-state index contributed by atoms with van der Waals surface area (Å²) in [5.41, 5.74) is 0.0414. The largest absolute Gasteiger partial charge is 0.494 e. The van der Waals surface area contributed by atoms with Crippen LogP contribution in [0, 0.1) is 10.1 Å². The summed E-state index contributed by atoms with van der Waals surface area (Å²) in [6, 6.07) is 2.67. The number of nitrogens with one attached hydrogen (secondary N) is 2. The van der Waals surface area contributed by atoms with Crippen LogP contribution in [0.4, 0.5) is 11.4 Å². The van der Waals surface area contributed by atoms with Gasteiger partial charge in [-0.05, 0) is 19.0 Å². The number of carbonyl (C=O) groups is 2. The third-order valence-electron chi connectivity index (χ3n) is 3.27. The molecule has 138 valence electrons. The highest BCUT2D eigenvalue weighted by Gasteiger charge is 2.21. The van der Waals surface area contributed by atoms with E-state index >= 15 is 0 Å². The zero-order valence-corrected chi connectivity index (χ0v) is 14.0. The molecule has 0 spiro atoms. The van der Waals surface area contributed by atoms with Crippen LogP contribution in [0.1, 0.15) is 12.8 Å². The Morgan fingerprint density at radius 1 is 1.36 bits per heavy atom. The quantitative estimate of drug-likeness (QED) is 0.303. The van der Waals surface area contributed by atoms with Crippen molar-refractivity contribution in [3.8, 4) is 5.75 Å². The van der Waals surface area contributed by atoms with E-state index in [1.807, 2.05) is 0 Å². The molecule has 1 unspecified atom stereocenters. The van der Waals surface area contributed by atoms with Crippen molar-refractivity contribution in [2.75, 3.05) is 32.7 Å². The first-order chi connectivity index (χ1) is 11.9. The summed E-state index contributed by atoms with van der Waals surface area (Å²) in [4.78, 5) is 33.5. The second-order valence-corrected chi connectivity index (χ2v) is 5.09. The van der Waals surface area contributed by atoms with Crippen LogP contribution in [0.2, 0.25) is 0 Å².